The number of ether oxygens (including phenoxy) is 2. The van der Waals surface area contributed by atoms with Crippen molar-refractivity contribution in [3.8, 4) is 23.0 Å². The molecule has 0 radical (unpaired) electrons. The summed E-state index contributed by atoms with van der Waals surface area (Å²) in [5.41, 5.74) is -1.73. The third kappa shape index (κ3) is 6.57. The Hall–Kier alpha value is -4.55. The first-order valence-electron chi connectivity index (χ1n) is 10.8. The van der Waals surface area contributed by atoms with Gasteiger partial charge in [-0.25, -0.2) is 14.4 Å². The van der Waals surface area contributed by atoms with Crippen LogP contribution in [-0.2, 0) is 23.9 Å². The fraction of sp³-hybridized carbons (Fsp3) is 0.240. The highest BCUT2D eigenvalue weighted by Crippen LogP contribution is 2.35. The molecule has 0 bridgehead atoms. The van der Waals surface area contributed by atoms with Crippen LogP contribution >= 0.6 is 0 Å². The van der Waals surface area contributed by atoms with Gasteiger partial charge in [0.2, 0.25) is 5.60 Å². The largest absolute Gasteiger partial charge is 0.504 e. The van der Waals surface area contributed by atoms with Crippen LogP contribution in [0.2, 0.25) is 0 Å². The number of hydrogen-bond donors (Lipinski definition) is 7. The molecule has 0 saturated heterocycles. The van der Waals surface area contributed by atoms with Gasteiger partial charge in [0.1, 0.15) is 12.2 Å². The maximum Gasteiger partial charge on any atom is 0.348 e. The van der Waals surface area contributed by atoms with E-state index in [4.69, 9.17) is 9.47 Å². The zero-order chi connectivity index (χ0) is 27.3. The number of hydrogen-bond acceptors (Lipinski definition) is 11. The summed E-state index contributed by atoms with van der Waals surface area (Å²) in [6.07, 6.45) is -2.09. The van der Waals surface area contributed by atoms with Crippen molar-refractivity contribution in [3.63, 3.8) is 0 Å². The Balaban J connectivity index is 1.73. The van der Waals surface area contributed by atoms with Gasteiger partial charge in [0, 0.05) is 25.0 Å². The van der Waals surface area contributed by atoms with E-state index < -0.39 is 66.2 Å². The predicted octanol–water partition coefficient (Wildman–Crippen LogP) is 1.03. The number of rotatable bonds is 7. The Labute approximate surface area is 209 Å². The Morgan fingerprint density at radius 2 is 1.30 bits per heavy atom. The Morgan fingerprint density at radius 1 is 0.784 bits per heavy atom. The first-order valence-corrected chi connectivity index (χ1v) is 10.8. The normalized spacial score (nSPS) is 23.7. The van der Waals surface area contributed by atoms with E-state index in [0.717, 1.165) is 18.2 Å². The van der Waals surface area contributed by atoms with Crippen LogP contribution in [0.15, 0.2) is 48.6 Å². The molecule has 1 aliphatic carbocycles. The lowest BCUT2D eigenvalue weighted by Gasteiger charge is -2.41. The highest BCUT2D eigenvalue weighted by Gasteiger charge is 2.54. The molecule has 7 N–H and O–H groups in total. The molecule has 2 aromatic rings. The van der Waals surface area contributed by atoms with Crippen LogP contribution in [0, 0.1) is 0 Å². The number of aliphatic carboxylic acids is 1. The lowest BCUT2D eigenvalue weighted by atomic mass is 9.79. The summed E-state index contributed by atoms with van der Waals surface area (Å²) in [4.78, 5) is 36.7. The van der Waals surface area contributed by atoms with E-state index >= 15 is 0 Å². The molecule has 0 aliphatic heterocycles. The van der Waals surface area contributed by atoms with Gasteiger partial charge in [0.05, 0.1) is 6.10 Å². The standard InChI is InChI=1S/C25H24O12/c26-15-5-1-13(9-17(15)28)3-7-21(31)36-20-12-25(24(34)35,11-19(30)23(20)33)37-22(32)8-4-14-2-6-16(27)18(29)10-14/h1-10,19-20,23,26-30,33H,11-12H2,(H,34,35)/b7-3+,8-4+/t19?,20-,23?,25?/m0/s1. The van der Waals surface area contributed by atoms with Crippen LogP contribution in [0.4, 0.5) is 0 Å². The molecule has 3 rings (SSSR count). The average Bonchev–Trinajstić information content (AvgIpc) is 2.83. The van der Waals surface area contributed by atoms with Crippen LogP contribution < -0.4 is 0 Å². The molecule has 12 nitrogen and oxygen atoms in total. The first kappa shape index (κ1) is 27.0. The second kappa shape index (κ2) is 11.0. The van der Waals surface area contributed by atoms with E-state index in [9.17, 15) is 50.1 Å². The smallest absolute Gasteiger partial charge is 0.348 e. The molecule has 0 amide bonds. The molecule has 1 saturated carbocycles. The van der Waals surface area contributed by atoms with Gasteiger partial charge < -0.3 is 45.2 Å². The van der Waals surface area contributed by atoms with E-state index in [1.165, 1.54) is 42.5 Å². The molecular formula is C25H24O12. The van der Waals surface area contributed by atoms with Crippen molar-refractivity contribution >= 4 is 30.1 Å². The van der Waals surface area contributed by atoms with Crippen molar-refractivity contribution in [2.75, 3.05) is 0 Å². The molecule has 4 atom stereocenters. The van der Waals surface area contributed by atoms with Gasteiger partial charge in [-0.2, -0.15) is 0 Å². The van der Waals surface area contributed by atoms with Gasteiger partial charge in [-0.3, -0.25) is 0 Å². The summed E-state index contributed by atoms with van der Waals surface area (Å²) in [5, 5.41) is 68.0. The van der Waals surface area contributed by atoms with Gasteiger partial charge in [0.15, 0.2) is 23.0 Å². The molecule has 3 unspecified atom stereocenters. The molecule has 37 heavy (non-hydrogen) atoms. The number of carboxylic acids is 1. The molecule has 196 valence electrons. The molecule has 0 spiro atoms. The number of aromatic hydroxyl groups is 4. The highest BCUT2D eigenvalue weighted by molar-refractivity contribution is 5.91. The van der Waals surface area contributed by atoms with Crippen molar-refractivity contribution in [3.05, 3.63) is 59.7 Å². The van der Waals surface area contributed by atoms with Crippen molar-refractivity contribution in [2.45, 2.75) is 36.8 Å². The van der Waals surface area contributed by atoms with Gasteiger partial charge >= 0.3 is 17.9 Å². The van der Waals surface area contributed by atoms with Crippen molar-refractivity contribution in [1.29, 1.82) is 0 Å². The molecule has 0 heterocycles. The lowest BCUT2D eigenvalue weighted by molar-refractivity contribution is -0.207. The Bertz CT molecular complexity index is 1250. The third-order valence-electron chi connectivity index (χ3n) is 5.62. The predicted molar refractivity (Wildman–Crippen MR) is 125 cm³/mol. The molecular weight excluding hydrogens is 492 g/mol. The summed E-state index contributed by atoms with van der Waals surface area (Å²) in [6.45, 7) is 0. The number of carboxylic acid groups (broad SMARTS) is 1. The number of phenols is 4. The maximum absolute atomic E-state index is 12.4. The summed E-state index contributed by atoms with van der Waals surface area (Å²) >= 11 is 0. The summed E-state index contributed by atoms with van der Waals surface area (Å²) in [7, 11) is 0. The van der Waals surface area contributed by atoms with Gasteiger partial charge in [-0.05, 0) is 47.5 Å². The van der Waals surface area contributed by atoms with Crippen LogP contribution in [0.3, 0.4) is 0 Å². The number of carbonyl (C=O) groups excluding carboxylic acids is 2. The van der Waals surface area contributed by atoms with E-state index in [-0.39, 0.29) is 17.1 Å². The van der Waals surface area contributed by atoms with Crippen molar-refractivity contribution < 1.29 is 59.6 Å². The van der Waals surface area contributed by atoms with E-state index in [0.29, 0.717) is 5.56 Å². The van der Waals surface area contributed by atoms with Crippen molar-refractivity contribution in [1.82, 2.24) is 0 Å². The zero-order valence-electron chi connectivity index (χ0n) is 19.1. The van der Waals surface area contributed by atoms with Crippen LogP contribution in [0.1, 0.15) is 24.0 Å². The van der Waals surface area contributed by atoms with E-state index in [2.05, 4.69) is 0 Å². The number of aliphatic hydroxyl groups is 2. The zero-order valence-corrected chi connectivity index (χ0v) is 19.1. The second-order valence-electron chi connectivity index (χ2n) is 8.33. The summed E-state index contributed by atoms with van der Waals surface area (Å²) in [5.74, 6) is -5.41. The lowest BCUT2D eigenvalue weighted by Crippen LogP contribution is -2.58. The average molecular weight is 516 g/mol. The molecule has 1 aliphatic rings. The molecule has 1 fully saturated rings. The van der Waals surface area contributed by atoms with Crippen LogP contribution in [-0.4, -0.2) is 77.6 Å². The Kier molecular flexibility index (Phi) is 8.05. The second-order valence-corrected chi connectivity index (χ2v) is 8.33. The number of phenolic OH excluding ortho intramolecular Hbond substituents is 4. The number of esters is 2. The fourth-order valence-corrected chi connectivity index (χ4v) is 3.68. The Morgan fingerprint density at radius 3 is 1.78 bits per heavy atom. The third-order valence-corrected chi connectivity index (χ3v) is 5.62. The highest BCUT2D eigenvalue weighted by atomic mass is 16.6. The number of carbonyl (C=O) groups is 3. The molecule has 0 aromatic heterocycles. The quantitative estimate of drug-likeness (QED) is 0.156. The van der Waals surface area contributed by atoms with Crippen LogP contribution in [0.5, 0.6) is 23.0 Å². The minimum Gasteiger partial charge on any atom is -0.504 e. The summed E-state index contributed by atoms with van der Waals surface area (Å²) < 4.78 is 10.2. The monoisotopic (exact) mass is 516 g/mol. The minimum atomic E-state index is -2.34. The number of aliphatic hydroxyl groups excluding tert-OH is 2. The minimum absolute atomic E-state index is 0.288. The fourth-order valence-electron chi connectivity index (χ4n) is 3.68. The van der Waals surface area contributed by atoms with Crippen LogP contribution in [0.25, 0.3) is 12.2 Å². The van der Waals surface area contributed by atoms with Gasteiger partial charge in [0.25, 0.3) is 0 Å². The molecule has 12 heteroatoms. The van der Waals surface area contributed by atoms with E-state index in [1.807, 2.05) is 0 Å². The SMILES string of the molecule is O=C(/C=C/c1ccc(O)c(O)c1)O[C@H]1CC(OC(=O)/C=C/c2ccc(O)c(O)c2)(C(=O)O)CC(O)C1O. The summed E-state index contributed by atoms with van der Waals surface area (Å²) in [6, 6.07) is 7.44. The van der Waals surface area contributed by atoms with Gasteiger partial charge in [-0.1, -0.05) is 12.1 Å². The van der Waals surface area contributed by atoms with Crippen molar-refractivity contribution in [2.24, 2.45) is 0 Å². The topological polar surface area (TPSA) is 211 Å². The number of benzene rings is 2. The maximum atomic E-state index is 12.4. The van der Waals surface area contributed by atoms with E-state index in [1.54, 1.807) is 0 Å². The molecule has 2 aromatic carbocycles. The first-order chi connectivity index (χ1) is 17.4. The van der Waals surface area contributed by atoms with Gasteiger partial charge in [-0.15, -0.1) is 0 Å².